The quantitative estimate of drug-likeness (QED) is 0.298. The van der Waals surface area contributed by atoms with Gasteiger partial charge in [-0.25, -0.2) is 0 Å². The minimum Gasteiger partial charge on any atom is -0.455 e. The molecule has 6 rings (SSSR count). The lowest BCUT2D eigenvalue weighted by atomic mass is 9.69. The predicted octanol–water partition coefficient (Wildman–Crippen LogP) is 6.33. The van der Waals surface area contributed by atoms with Crippen LogP contribution in [0.2, 0.25) is 0 Å². The van der Waals surface area contributed by atoms with Crippen molar-refractivity contribution in [2.24, 2.45) is 0 Å². The molecule has 0 radical (unpaired) electrons. The number of fused-ring (bicyclic) bond motifs is 1. The number of amides is 1. The monoisotopic (exact) mass is 508 g/mol. The van der Waals surface area contributed by atoms with E-state index in [1.807, 2.05) is 38.1 Å². The number of carbonyl (C=O) groups is 1. The van der Waals surface area contributed by atoms with Crippen molar-refractivity contribution in [1.82, 2.24) is 5.32 Å². The Kier molecular flexibility index (Phi) is 6.29. The highest BCUT2D eigenvalue weighted by Crippen LogP contribution is 2.48. The molecule has 7 heteroatoms. The summed E-state index contributed by atoms with van der Waals surface area (Å²) in [5.74, 6) is 0.912. The Morgan fingerprint density at radius 3 is 2.39 bits per heavy atom. The van der Waals surface area contributed by atoms with Gasteiger partial charge in [0, 0.05) is 54.4 Å². The van der Waals surface area contributed by atoms with Crippen molar-refractivity contribution in [3.05, 3.63) is 82.9 Å². The molecule has 2 aliphatic rings. The molecule has 2 fully saturated rings. The highest BCUT2D eigenvalue weighted by atomic mass is 16.5. The molecule has 2 N–H and O–H groups in total. The molecule has 1 aliphatic carbocycles. The van der Waals surface area contributed by atoms with Crippen LogP contribution >= 0.6 is 0 Å². The third-order valence-corrected chi connectivity index (χ3v) is 7.99. The molecule has 194 valence electrons. The van der Waals surface area contributed by atoms with Crippen LogP contribution in [0.25, 0.3) is 22.3 Å². The van der Waals surface area contributed by atoms with Crippen molar-refractivity contribution in [2.45, 2.75) is 50.9 Å². The molecule has 1 aromatic heterocycles. The maximum atomic E-state index is 13.1. The molecule has 2 unspecified atom stereocenters. The zero-order valence-corrected chi connectivity index (χ0v) is 22.3. The average Bonchev–Trinajstić information content (AvgIpc) is 3.62. The van der Waals surface area contributed by atoms with Gasteiger partial charge in [0.25, 0.3) is 5.91 Å². The van der Waals surface area contributed by atoms with E-state index in [1.54, 1.807) is 7.05 Å². The maximum Gasteiger partial charge on any atom is 0.462 e. The van der Waals surface area contributed by atoms with Gasteiger partial charge >= 0.3 is 7.12 Å². The number of nitrogens with one attached hydrogen (secondary N) is 1. The van der Waals surface area contributed by atoms with E-state index in [0.717, 1.165) is 52.7 Å². The normalized spacial score (nSPS) is 19.2. The Bertz CT molecular complexity index is 1490. The van der Waals surface area contributed by atoms with Gasteiger partial charge in [-0.3, -0.25) is 4.79 Å². The maximum absolute atomic E-state index is 13.1. The van der Waals surface area contributed by atoms with Gasteiger partial charge in [-0.1, -0.05) is 42.0 Å². The van der Waals surface area contributed by atoms with Crippen LogP contribution < -0.4 is 10.2 Å². The van der Waals surface area contributed by atoms with Crippen molar-refractivity contribution >= 4 is 35.4 Å². The second-order valence-electron chi connectivity index (χ2n) is 10.8. The lowest BCUT2D eigenvalue weighted by Crippen LogP contribution is -2.20. The number of hydrogen-bond donors (Lipinski definition) is 2. The van der Waals surface area contributed by atoms with Gasteiger partial charge in [0.1, 0.15) is 11.3 Å². The molecule has 2 atom stereocenters. The molecule has 6 nitrogen and oxygen atoms in total. The number of aryl methyl sites for hydroxylation is 1. The van der Waals surface area contributed by atoms with E-state index in [1.165, 1.54) is 5.56 Å². The summed E-state index contributed by atoms with van der Waals surface area (Å²) in [7, 11) is 2.97. The third-order valence-electron chi connectivity index (χ3n) is 7.99. The Balaban J connectivity index is 1.42. The van der Waals surface area contributed by atoms with Crippen molar-refractivity contribution in [3.8, 4) is 11.3 Å². The Morgan fingerprint density at radius 1 is 1.08 bits per heavy atom. The van der Waals surface area contributed by atoms with Crippen LogP contribution in [0, 0.1) is 6.92 Å². The topological polar surface area (TPSA) is 74.9 Å². The molecule has 3 aromatic carbocycles. The fraction of sp³-hybridized carbons (Fsp3) is 0.323. The first kappa shape index (κ1) is 24.8. The van der Waals surface area contributed by atoms with Gasteiger partial charge in [-0.2, -0.15) is 0 Å². The van der Waals surface area contributed by atoms with E-state index in [-0.39, 0.29) is 17.8 Å². The molecule has 2 heterocycles. The lowest BCUT2D eigenvalue weighted by Gasteiger charge is -2.23. The number of benzene rings is 3. The second-order valence-corrected chi connectivity index (χ2v) is 10.8. The van der Waals surface area contributed by atoms with Gasteiger partial charge in [-0.15, -0.1) is 0 Å². The van der Waals surface area contributed by atoms with Crippen LogP contribution in [0.4, 0.5) is 11.4 Å². The largest absolute Gasteiger partial charge is 0.462 e. The molecule has 0 bridgehead atoms. The predicted molar refractivity (Wildman–Crippen MR) is 152 cm³/mol. The first-order valence-corrected chi connectivity index (χ1v) is 13.4. The van der Waals surface area contributed by atoms with Crippen LogP contribution in [0.5, 0.6) is 0 Å². The smallest absolute Gasteiger partial charge is 0.455 e. The fourth-order valence-electron chi connectivity index (χ4n) is 5.67. The number of rotatable bonds is 6. The van der Waals surface area contributed by atoms with Gasteiger partial charge in [0.05, 0.1) is 5.56 Å². The first-order valence-electron chi connectivity index (χ1n) is 13.4. The van der Waals surface area contributed by atoms with Gasteiger partial charge in [0.15, 0.2) is 0 Å². The molecule has 38 heavy (non-hydrogen) atoms. The third kappa shape index (κ3) is 4.40. The number of furan rings is 1. The molecule has 1 aliphatic heterocycles. The van der Waals surface area contributed by atoms with Crippen molar-refractivity contribution in [3.63, 3.8) is 0 Å². The number of nitrogens with zero attached hydrogens (tertiary/aromatic N) is 1. The summed E-state index contributed by atoms with van der Waals surface area (Å²) in [5.41, 5.74) is 7.77. The number of hydrogen-bond acceptors (Lipinski definition) is 5. The zero-order valence-electron chi connectivity index (χ0n) is 22.3. The summed E-state index contributed by atoms with van der Waals surface area (Å²) in [6, 6.07) is 20.7. The minimum absolute atomic E-state index is 0.00539. The SMILES string of the molecule is CNC(=O)c1c(-c2ccc(C)cc2)oc2cc(N(C)c3ccc(C4CC(C)OB4O)cc3)c(C3CC3)cc12. The summed E-state index contributed by atoms with van der Waals surface area (Å²) < 4.78 is 12.0. The Morgan fingerprint density at radius 2 is 1.79 bits per heavy atom. The molecular formula is C31H33BN2O4. The molecule has 1 saturated heterocycles. The van der Waals surface area contributed by atoms with Gasteiger partial charge in [-0.05, 0) is 68.4 Å². The highest BCUT2D eigenvalue weighted by molar-refractivity contribution is 6.45. The van der Waals surface area contributed by atoms with E-state index >= 15 is 0 Å². The highest BCUT2D eigenvalue weighted by Gasteiger charge is 2.38. The number of anilines is 2. The molecule has 0 spiro atoms. The summed E-state index contributed by atoms with van der Waals surface area (Å²) in [6.45, 7) is 4.04. The minimum atomic E-state index is -0.756. The standard InChI is InChI=1S/C31H33BN2O4/c1-18-5-7-22(8-6-18)30-29(31(35)33-3)25-16-24(20-9-10-20)27(17-28(25)37-30)34(4)23-13-11-21(12-14-23)26-15-19(2)38-32(26)36/h5-8,11-14,16-17,19-20,26,36H,9-10,15H2,1-4H3,(H,33,35). The number of carbonyl (C=O) groups excluding carboxylic acids is 1. The Labute approximate surface area is 223 Å². The summed E-state index contributed by atoms with van der Waals surface area (Å²) in [4.78, 5) is 15.3. The van der Waals surface area contributed by atoms with Crippen molar-refractivity contribution < 1.29 is 18.9 Å². The summed E-state index contributed by atoms with van der Waals surface area (Å²) in [5, 5.41) is 13.9. The zero-order chi connectivity index (χ0) is 26.6. The first-order chi connectivity index (χ1) is 18.3. The molecule has 4 aromatic rings. The van der Waals surface area contributed by atoms with E-state index < -0.39 is 7.12 Å². The fourth-order valence-corrected chi connectivity index (χ4v) is 5.67. The van der Waals surface area contributed by atoms with Crippen LogP contribution in [-0.4, -0.2) is 38.2 Å². The Hall–Kier alpha value is -3.55. The van der Waals surface area contributed by atoms with Gasteiger partial charge in [0.2, 0.25) is 0 Å². The lowest BCUT2D eigenvalue weighted by molar-refractivity contribution is 0.0964. The van der Waals surface area contributed by atoms with E-state index in [9.17, 15) is 9.82 Å². The van der Waals surface area contributed by atoms with E-state index in [0.29, 0.717) is 22.8 Å². The van der Waals surface area contributed by atoms with E-state index in [4.69, 9.17) is 9.07 Å². The van der Waals surface area contributed by atoms with E-state index in [2.05, 4.69) is 53.7 Å². The summed E-state index contributed by atoms with van der Waals surface area (Å²) in [6.07, 6.45) is 3.15. The molecule has 1 amide bonds. The van der Waals surface area contributed by atoms with Crippen LogP contribution in [0.1, 0.15) is 65.0 Å². The summed E-state index contributed by atoms with van der Waals surface area (Å²) >= 11 is 0. The van der Waals surface area contributed by atoms with Crippen LogP contribution in [-0.2, 0) is 4.65 Å². The van der Waals surface area contributed by atoms with Crippen molar-refractivity contribution in [2.75, 3.05) is 19.0 Å². The van der Waals surface area contributed by atoms with Crippen LogP contribution in [0.15, 0.2) is 65.1 Å². The van der Waals surface area contributed by atoms with Crippen molar-refractivity contribution in [1.29, 1.82) is 0 Å². The molecule has 1 saturated carbocycles. The van der Waals surface area contributed by atoms with Gasteiger partial charge < -0.3 is 24.3 Å². The second kappa shape index (κ2) is 9.64. The van der Waals surface area contributed by atoms with Crippen LogP contribution in [0.3, 0.4) is 0 Å². The molecular weight excluding hydrogens is 475 g/mol. The average molecular weight is 508 g/mol.